The highest BCUT2D eigenvalue weighted by Gasteiger charge is 2.16. The van der Waals surface area contributed by atoms with Gasteiger partial charge in [0.1, 0.15) is 5.75 Å². The first-order valence-electron chi connectivity index (χ1n) is 6.80. The molecule has 0 fully saturated rings. The Morgan fingerprint density at radius 1 is 1.32 bits per heavy atom. The fraction of sp³-hybridized carbons (Fsp3) is 0.625. The summed E-state index contributed by atoms with van der Waals surface area (Å²) in [6.07, 6.45) is 0. The van der Waals surface area contributed by atoms with Crippen LogP contribution in [0.4, 0.5) is 0 Å². The van der Waals surface area contributed by atoms with E-state index in [9.17, 15) is 5.11 Å². The lowest BCUT2D eigenvalue weighted by atomic mass is 9.99. The summed E-state index contributed by atoms with van der Waals surface area (Å²) in [4.78, 5) is 2.13. The maximum Gasteiger partial charge on any atom is 0.122 e. The average molecular weight is 265 g/mol. The lowest BCUT2D eigenvalue weighted by Gasteiger charge is -2.26. The molecule has 0 heterocycles. The molecule has 0 saturated carbocycles. The third kappa shape index (κ3) is 5.21. The van der Waals surface area contributed by atoms with Crippen molar-refractivity contribution < 1.29 is 9.84 Å². The first-order chi connectivity index (χ1) is 8.73. The van der Waals surface area contributed by atoms with E-state index in [2.05, 4.69) is 30.9 Å². The Kier molecular flexibility index (Phi) is 5.39. The Hall–Kier alpha value is -1.06. The van der Waals surface area contributed by atoms with Gasteiger partial charge in [-0.05, 0) is 44.0 Å². The molecule has 1 N–H and O–H groups in total. The van der Waals surface area contributed by atoms with E-state index in [4.69, 9.17) is 4.74 Å². The molecular formula is C16H27NO2. The van der Waals surface area contributed by atoms with Crippen molar-refractivity contribution in [3.63, 3.8) is 0 Å². The zero-order valence-corrected chi connectivity index (χ0v) is 13.0. The first-order valence-corrected chi connectivity index (χ1v) is 6.80. The number of ether oxygens (including phenoxy) is 1. The summed E-state index contributed by atoms with van der Waals surface area (Å²) in [6.45, 7) is 9.47. The van der Waals surface area contributed by atoms with Crippen LogP contribution in [0.3, 0.4) is 0 Å². The van der Waals surface area contributed by atoms with Gasteiger partial charge in [-0.3, -0.25) is 4.90 Å². The maximum atomic E-state index is 9.83. The second kappa shape index (κ2) is 6.40. The Labute approximate surface area is 117 Å². The smallest absolute Gasteiger partial charge is 0.122 e. The van der Waals surface area contributed by atoms with E-state index in [-0.39, 0.29) is 0 Å². The van der Waals surface area contributed by atoms with Gasteiger partial charge in [0.25, 0.3) is 0 Å². The highest BCUT2D eigenvalue weighted by Crippen LogP contribution is 2.27. The van der Waals surface area contributed by atoms with Crippen LogP contribution < -0.4 is 4.74 Å². The van der Waals surface area contributed by atoms with Crippen molar-refractivity contribution >= 4 is 0 Å². The number of likely N-dealkylation sites (N-methyl/N-ethyl adjacent to an activating group) is 1. The summed E-state index contributed by atoms with van der Waals surface area (Å²) >= 11 is 0. The number of hydrogen-bond donors (Lipinski definition) is 1. The van der Waals surface area contributed by atoms with Crippen molar-refractivity contribution in [2.24, 2.45) is 0 Å². The minimum absolute atomic E-state index is 0.439. The largest absolute Gasteiger partial charge is 0.496 e. The van der Waals surface area contributed by atoms with Crippen LogP contribution in [0.1, 0.15) is 44.7 Å². The van der Waals surface area contributed by atoms with Crippen molar-refractivity contribution in [1.82, 2.24) is 4.90 Å². The highest BCUT2D eigenvalue weighted by molar-refractivity contribution is 5.39. The van der Waals surface area contributed by atoms with Gasteiger partial charge in [0, 0.05) is 13.1 Å². The van der Waals surface area contributed by atoms with Gasteiger partial charge in [-0.2, -0.15) is 0 Å². The quantitative estimate of drug-likeness (QED) is 0.858. The predicted molar refractivity (Wildman–Crippen MR) is 79.7 cm³/mol. The van der Waals surface area contributed by atoms with E-state index in [1.54, 1.807) is 7.11 Å². The Bertz CT molecular complexity index is 408. The molecule has 1 aromatic carbocycles. The Morgan fingerprint density at radius 2 is 1.95 bits per heavy atom. The van der Waals surface area contributed by atoms with Crippen molar-refractivity contribution in [3.05, 3.63) is 29.3 Å². The monoisotopic (exact) mass is 265 g/mol. The number of rotatable bonds is 6. The van der Waals surface area contributed by atoms with Gasteiger partial charge in [0.2, 0.25) is 0 Å². The first kappa shape index (κ1) is 16.0. The summed E-state index contributed by atoms with van der Waals surface area (Å²) < 4.78 is 5.39. The van der Waals surface area contributed by atoms with E-state index in [1.165, 1.54) is 11.1 Å². The van der Waals surface area contributed by atoms with Gasteiger partial charge in [-0.1, -0.05) is 26.0 Å². The van der Waals surface area contributed by atoms with Crippen LogP contribution in [0, 0.1) is 0 Å². The standard InChI is InChI=1S/C16H27NO2/c1-12(2)14-9-13(7-8-15(14)19-6)10-17(5)11-16(3,4)18/h7-9,12,18H,10-11H2,1-6H3. The number of hydrogen-bond acceptors (Lipinski definition) is 3. The van der Waals surface area contributed by atoms with Gasteiger partial charge in [-0.25, -0.2) is 0 Å². The molecule has 0 aliphatic carbocycles. The molecule has 0 unspecified atom stereocenters. The molecule has 0 aliphatic rings. The zero-order valence-electron chi connectivity index (χ0n) is 13.0. The molecule has 0 spiro atoms. The molecule has 0 aliphatic heterocycles. The van der Waals surface area contributed by atoms with Crippen LogP contribution >= 0.6 is 0 Å². The lowest BCUT2D eigenvalue weighted by molar-refractivity contribution is 0.0425. The molecule has 108 valence electrons. The maximum absolute atomic E-state index is 9.83. The molecule has 0 atom stereocenters. The average Bonchev–Trinajstić information content (AvgIpc) is 2.26. The normalized spacial score (nSPS) is 12.3. The summed E-state index contributed by atoms with van der Waals surface area (Å²) in [5.74, 6) is 1.39. The SMILES string of the molecule is COc1ccc(CN(C)CC(C)(C)O)cc1C(C)C. The van der Waals surface area contributed by atoms with E-state index >= 15 is 0 Å². The van der Waals surface area contributed by atoms with Gasteiger partial charge < -0.3 is 9.84 Å². The Morgan fingerprint density at radius 3 is 2.42 bits per heavy atom. The molecule has 3 nitrogen and oxygen atoms in total. The zero-order chi connectivity index (χ0) is 14.6. The van der Waals surface area contributed by atoms with Crippen LogP contribution in [-0.2, 0) is 6.54 Å². The fourth-order valence-corrected chi connectivity index (χ4v) is 2.36. The topological polar surface area (TPSA) is 32.7 Å². The molecule has 0 amide bonds. The second-order valence-corrected chi connectivity index (χ2v) is 6.22. The van der Waals surface area contributed by atoms with E-state index < -0.39 is 5.60 Å². The third-order valence-electron chi connectivity index (χ3n) is 3.03. The van der Waals surface area contributed by atoms with E-state index in [1.807, 2.05) is 27.0 Å². The van der Waals surface area contributed by atoms with Gasteiger partial charge in [0.15, 0.2) is 0 Å². The van der Waals surface area contributed by atoms with Crippen LogP contribution in [0.25, 0.3) is 0 Å². The predicted octanol–water partition coefficient (Wildman–Crippen LogP) is 3.02. The van der Waals surface area contributed by atoms with Gasteiger partial charge >= 0.3 is 0 Å². The summed E-state index contributed by atoms with van der Waals surface area (Å²) in [5.41, 5.74) is 1.81. The van der Waals surface area contributed by atoms with E-state index in [0.717, 1.165) is 12.3 Å². The lowest BCUT2D eigenvalue weighted by Crippen LogP contribution is -2.35. The highest BCUT2D eigenvalue weighted by atomic mass is 16.5. The summed E-state index contributed by atoms with van der Waals surface area (Å²) in [5, 5.41) is 9.83. The second-order valence-electron chi connectivity index (χ2n) is 6.22. The number of methoxy groups -OCH3 is 1. The number of benzene rings is 1. The minimum Gasteiger partial charge on any atom is -0.496 e. The molecular weight excluding hydrogens is 238 g/mol. The van der Waals surface area contributed by atoms with Gasteiger partial charge in [0.05, 0.1) is 12.7 Å². The molecule has 1 rings (SSSR count). The van der Waals surface area contributed by atoms with Crippen LogP contribution in [-0.4, -0.2) is 36.3 Å². The molecule has 1 aromatic rings. The van der Waals surface area contributed by atoms with Crippen LogP contribution in [0.2, 0.25) is 0 Å². The minimum atomic E-state index is -0.665. The fourth-order valence-electron chi connectivity index (χ4n) is 2.36. The van der Waals surface area contributed by atoms with E-state index in [0.29, 0.717) is 12.5 Å². The van der Waals surface area contributed by atoms with Crippen LogP contribution in [0.5, 0.6) is 5.75 Å². The number of aliphatic hydroxyl groups is 1. The van der Waals surface area contributed by atoms with Gasteiger partial charge in [-0.15, -0.1) is 0 Å². The van der Waals surface area contributed by atoms with Crippen molar-refractivity contribution in [2.75, 3.05) is 20.7 Å². The summed E-state index contributed by atoms with van der Waals surface area (Å²) in [7, 11) is 3.73. The molecule has 0 saturated heterocycles. The summed E-state index contributed by atoms with van der Waals surface area (Å²) in [6, 6.07) is 6.32. The number of nitrogens with zero attached hydrogens (tertiary/aromatic N) is 1. The van der Waals surface area contributed by atoms with Crippen molar-refractivity contribution in [1.29, 1.82) is 0 Å². The Balaban J connectivity index is 2.82. The molecule has 0 bridgehead atoms. The van der Waals surface area contributed by atoms with Crippen molar-refractivity contribution in [3.8, 4) is 5.75 Å². The molecule has 0 aromatic heterocycles. The molecule has 19 heavy (non-hydrogen) atoms. The molecule has 3 heteroatoms. The van der Waals surface area contributed by atoms with Crippen LogP contribution in [0.15, 0.2) is 18.2 Å². The van der Waals surface area contributed by atoms with Crippen molar-refractivity contribution in [2.45, 2.75) is 45.8 Å². The third-order valence-corrected chi connectivity index (χ3v) is 3.03. The molecule has 0 radical (unpaired) electrons.